The second-order valence-electron chi connectivity index (χ2n) is 29.4. The molecule has 0 rings (SSSR count). The second kappa shape index (κ2) is 73.9. The lowest BCUT2D eigenvalue weighted by atomic mass is 10.00. The Balaban J connectivity index is 5.20. The summed E-state index contributed by atoms with van der Waals surface area (Å²) in [7, 11) is -9.92. The molecule has 0 radical (unpaired) electrons. The Morgan fingerprint density at radius 1 is 0.280 bits per heavy atom. The molecule has 100 heavy (non-hydrogen) atoms. The van der Waals surface area contributed by atoms with Crippen LogP contribution < -0.4 is 0 Å². The van der Waals surface area contributed by atoms with Crippen LogP contribution in [0.25, 0.3) is 0 Å². The number of ether oxygens (including phenoxy) is 4. The van der Waals surface area contributed by atoms with Crippen molar-refractivity contribution in [3.05, 3.63) is 0 Å². The lowest BCUT2D eigenvalue weighted by Crippen LogP contribution is -2.30. The quantitative estimate of drug-likeness (QED) is 0.0222. The summed E-state index contributed by atoms with van der Waals surface area (Å²) in [6, 6.07) is 0. The molecule has 0 saturated carbocycles. The van der Waals surface area contributed by atoms with Gasteiger partial charge in [0.05, 0.1) is 26.4 Å². The van der Waals surface area contributed by atoms with Crippen molar-refractivity contribution in [1.29, 1.82) is 0 Å². The SMILES string of the molecule is CCCCCCCCCCCCCCCCCCCCCCC(=O)O[C@H](COC(=O)CCCCCCCCCCCCCCCCCCCCC)COP(=O)(O)OC[C@@H](O)COP(=O)(O)OC[C@@H](COC(=O)CCCCCCCCC(C)CC)OC(=O)CCCCCCCCCCCCC. The van der Waals surface area contributed by atoms with Gasteiger partial charge in [-0.25, -0.2) is 9.13 Å². The monoisotopic (exact) mass is 1470 g/mol. The molecule has 0 aliphatic carbocycles. The largest absolute Gasteiger partial charge is 0.472 e. The molecule has 0 aromatic rings. The van der Waals surface area contributed by atoms with Crippen molar-refractivity contribution in [2.45, 2.75) is 451 Å². The summed E-state index contributed by atoms with van der Waals surface area (Å²) in [5.74, 6) is -1.38. The fourth-order valence-corrected chi connectivity index (χ4v) is 14.1. The van der Waals surface area contributed by atoms with Crippen LogP contribution in [0.15, 0.2) is 0 Å². The smallest absolute Gasteiger partial charge is 0.462 e. The van der Waals surface area contributed by atoms with Gasteiger partial charge in [0.15, 0.2) is 12.2 Å². The van der Waals surface area contributed by atoms with Gasteiger partial charge in [0.25, 0.3) is 0 Å². The molecule has 0 fully saturated rings. The minimum absolute atomic E-state index is 0.107. The van der Waals surface area contributed by atoms with Crippen LogP contribution in [0.3, 0.4) is 0 Å². The Morgan fingerprint density at radius 2 is 0.480 bits per heavy atom. The average Bonchev–Trinajstić information content (AvgIpc) is 0.929. The van der Waals surface area contributed by atoms with Crippen LogP contribution in [-0.4, -0.2) is 96.7 Å². The van der Waals surface area contributed by atoms with Crippen LogP contribution >= 0.6 is 15.6 Å². The van der Waals surface area contributed by atoms with Gasteiger partial charge in [0.2, 0.25) is 0 Å². The van der Waals surface area contributed by atoms with Gasteiger partial charge in [0, 0.05) is 25.7 Å². The van der Waals surface area contributed by atoms with Gasteiger partial charge in [-0.2, -0.15) is 0 Å². The van der Waals surface area contributed by atoms with Crippen LogP contribution in [0.2, 0.25) is 0 Å². The summed E-state index contributed by atoms with van der Waals surface area (Å²) in [5.41, 5.74) is 0. The molecule has 0 aromatic heterocycles. The number of esters is 4. The first-order valence-corrected chi connectivity index (χ1v) is 45.2. The van der Waals surface area contributed by atoms with Crippen molar-refractivity contribution >= 4 is 39.5 Å². The molecule has 17 nitrogen and oxygen atoms in total. The summed E-state index contributed by atoms with van der Waals surface area (Å²) in [6.45, 7) is 7.28. The average molecular weight is 1470 g/mol. The highest BCUT2D eigenvalue weighted by atomic mass is 31.2. The maximum Gasteiger partial charge on any atom is 0.472 e. The number of aliphatic hydroxyl groups is 1. The van der Waals surface area contributed by atoms with Gasteiger partial charge in [-0.05, 0) is 31.6 Å². The number of carbonyl (C=O) groups is 4. The van der Waals surface area contributed by atoms with E-state index in [1.165, 1.54) is 250 Å². The van der Waals surface area contributed by atoms with E-state index in [-0.39, 0.29) is 25.7 Å². The summed E-state index contributed by atoms with van der Waals surface area (Å²) in [6.07, 6.45) is 65.4. The van der Waals surface area contributed by atoms with Crippen LogP contribution in [0.4, 0.5) is 0 Å². The number of rotatable bonds is 81. The number of carbonyl (C=O) groups excluding carboxylic acids is 4. The highest BCUT2D eigenvalue weighted by Crippen LogP contribution is 2.45. The highest BCUT2D eigenvalue weighted by Gasteiger charge is 2.30. The lowest BCUT2D eigenvalue weighted by Gasteiger charge is -2.21. The van der Waals surface area contributed by atoms with E-state index < -0.39 is 97.5 Å². The standard InChI is InChI=1S/C81H158O17P2/c1-6-10-13-16-19-22-25-27-29-31-33-35-37-39-41-44-47-50-57-62-67-81(86)97-76(70-91-78(83)64-59-54-48-45-43-40-38-36-34-32-30-28-26-23-20-17-14-11-7-2)72-95-99(87,88)93-68-75(82)69-94-100(89,90)96-73-77(71-92-79(84)65-60-55-52-51-53-58-63-74(5)9-4)98-80(85)66-61-56-49-46-42-24-21-18-15-12-8-3/h74-77,82H,6-73H2,1-5H3,(H,87,88)(H,89,90)/t74?,75-,76-,77-/m1/s1. The number of hydrogen-bond acceptors (Lipinski definition) is 15. The van der Waals surface area contributed by atoms with E-state index >= 15 is 0 Å². The number of aliphatic hydroxyl groups excluding tert-OH is 1. The Hall–Kier alpha value is -1.94. The van der Waals surface area contributed by atoms with E-state index in [0.717, 1.165) is 102 Å². The lowest BCUT2D eigenvalue weighted by molar-refractivity contribution is -0.161. The molecule has 0 heterocycles. The molecular formula is C81H158O17P2. The normalized spacial score (nSPS) is 14.1. The zero-order valence-electron chi connectivity index (χ0n) is 65.3. The third-order valence-electron chi connectivity index (χ3n) is 19.4. The number of phosphoric acid groups is 2. The van der Waals surface area contributed by atoms with Gasteiger partial charge in [-0.1, -0.05) is 381 Å². The zero-order valence-corrected chi connectivity index (χ0v) is 67.1. The fraction of sp³-hybridized carbons (Fsp3) is 0.951. The van der Waals surface area contributed by atoms with E-state index in [9.17, 15) is 43.2 Å². The van der Waals surface area contributed by atoms with Crippen molar-refractivity contribution in [3.8, 4) is 0 Å². The van der Waals surface area contributed by atoms with Gasteiger partial charge in [-0.15, -0.1) is 0 Å². The summed E-state index contributed by atoms with van der Waals surface area (Å²) < 4.78 is 68.7. The molecule has 0 aliphatic heterocycles. The molecule has 6 atom stereocenters. The van der Waals surface area contributed by atoms with E-state index in [1.54, 1.807) is 0 Å². The van der Waals surface area contributed by atoms with Crippen LogP contribution in [0.5, 0.6) is 0 Å². The van der Waals surface area contributed by atoms with E-state index in [2.05, 4.69) is 34.6 Å². The minimum atomic E-state index is -4.96. The second-order valence-corrected chi connectivity index (χ2v) is 32.3. The molecule has 0 saturated heterocycles. The molecule has 0 amide bonds. The Bertz CT molecular complexity index is 1910. The van der Waals surface area contributed by atoms with Gasteiger partial charge < -0.3 is 33.8 Å². The van der Waals surface area contributed by atoms with Crippen molar-refractivity contribution in [2.24, 2.45) is 5.92 Å². The molecule has 0 spiro atoms. The highest BCUT2D eigenvalue weighted by molar-refractivity contribution is 7.47. The third-order valence-corrected chi connectivity index (χ3v) is 21.3. The van der Waals surface area contributed by atoms with Crippen LogP contribution in [0, 0.1) is 5.92 Å². The van der Waals surface area contributed by atoms with Crippen molar-refractivity contribution in [1.82, 2.24) is 0 Å². The van der Waals surface area contributed by atoms with E-state index in [4.69, 9.17) is 37.0 Å². The topological polar surface area (TPSA) is 237 Å². The first-order chi connectivity index (χ1) is 48.6. The molecule has 19 heteroatoms. The first kappa shape index (κ1) is 98.1. The van der Waals surface area contributed by atoms with Crippen molar-refractivity contribution in [3.63, 3.8) is 0 Å². The van der Waals surface area contributed by atoms with E-state index in [1.807, 2.05) is 0 Å². The predicted molar refractivity (Wildman–Crippen MR) is 409 cm³/mol. The van der Waals surface area contributed by atoms with Crippen molar-refractivity contribution < 1.29 is 80.2 Å². The predicted octanol–water partition coefficient (Wildman–Crippen LogP) is 24.4. The fourth-order valence-electron chi connectivity index (χ4n) is 12.6. The maximum atomic E-state index is 13.1. The maximum absolute atomic E-state index is 13.1. The third kappa shape index (κ3) is 73.0. The Labute approximate surface area is 613 Å². The molecule has 3 unspecified atom stereocenters. The molecular weight excluding hydrogens is 1310 g/mol. The molecule has 594 valence electrons. The molecule has 3 N–H and O–H groups in total. The Morgan fingerprint density at radius 3 is 0.710 bits per heavy atom. The molecule has 0 aliphatic rings. The van der Waals surface area contributed by atoms with Crippen LogP contribution in [-0.2, 0) is 65.4 Å². The molecule has 0 aromatic carbocycles. The molecule has 0 bridgehead atoms. The number of phosphoric ester groups is 2. The summed E-state index contributed by atoms with van der Waals surface area (Å²) >= 11 is 0. The summed E-state index contributed by atoms with van der Waals surface area (Å²) in [4.78, 5) is 73.0. The first-order valence-electron chi connectivity index (χ1n) is 42.2. The number of unbranched alkanes of at least 4 members (excludes halogenated alkanes) is 52. The Kier molecular flexibility index (Phi) is 72.5. The zero-order chi connectivity index (χ0) is 73.4. The van der Waals surface area contributed by atoms with Gasteiger partial charge in [-0.3, -0.25) is 37.3 Å². The van der Waals surface area contributed by atoms with Gasteiger partial charge in [0.1, 0.15) is 19.3 Å². The van der Waals surface area contributed by atoms with Crippen molar-refractivity contribution in [2.75, 3.05) is 39.6 Å². The van der Waals surface area contributed by atoms with Gasteiger partial charge >= 0.3 is 39.5 Å². The summed E-state index contributed by atoms with van der Waals surface area (Å²) in [5, 5.41) is 10.6. The number of hydrogen-bond donors (Lipinski definition) is 3. The van der Waals surface area contributed by atoms with E-state index in [0.29, 0.717) is 25.7 Å². The minimum Gasteiger partial charge on any atom is -0.462 e. The van der Waals surface area contributed by atoms with Crippen LogP contribution in [0.1, 0.15) is 433 Å².